The molecule has 0 bridgehead atoms. The first-order chi connectivity index (χ1) is 8.24. The summed E-state index contributed by atoms with van der Waals surface area (Å²) in [6.45, 7) is 4.61. The maximum atomic E-state index is 11.0. The second kappa shape index (κ2) is 7.49. The number of carbonyl (C=O) groups excluding carboxylic acids is 1. The van der Waals surface area contributed by atoms with Gasteiger partial charge in [0.25, 0.3) is 0 Å². The highest BCUT2D eigenvalue weighted by Gasteiger charge is 2.00. The van der Waals surface area contributed by atoms with E-state index in [4.69, 9.17) is 5.73 Å². The minimum absolute atomic E-state index is 0.389. The molecule has 0 atom stereocenters. The topological polar surface area (TPSA) is 55.1 Å². The summed E-state index contributed by atoms with van der Waals surface area (Å²) in [6, 6.07) is 7.28. The third kappa shape index (κ3) is 5.20. The van der Waals surface area contributed by atoms with Crippen molar-refractivity contribution in [3.63, 3.8) is 0 Å². The summed E-state index contributed by atoms with van der Waals surface area (Å²) in [6.07, 6.45) is 6.52. The highest BCUT2D eigenvalue weighted by Crippen LogP contribution is 2.10. The zero-order chi connectivity index (χ0) is 12.5. The van der Waals surface area contributed by atoms with E-state index in [0.717, 1.165) is 25.1 Å². The van der Waals surface area contributed by atoms with E-state index < -0.39 is 0 Å². The number of rotatable bonds is 8. The Kier molecular flexibility index (Phi) is 5.86. The lowest BCUT2D eigenvalue weighted by Crippen LogP contribution is -2.11. The lowest BCUT2D eigenvalue weighted by Gasteiger charge is -2.06. The van der Waals surface area contributed by atoms with E-state index in [0.29, 0.717) is 5.56 Å². The molecule has 0 aliphatic carbocycles. The molecule has 0 heterocycles. The largest absolute Gasteiger partial charge is 0.385 e. The predicted molar refractivity (Wildman–Crippen MR) is 72.1 cm³/mol. The van der Waals surface area contributed by atoms with Crippen molar-refractivity contribution in [1.29, 1.82) is 0 Å². The number of amides is 1. The first-order valence-corrected chi connectivity index (χ1v) is 5.98. The van der Waals surface area contributed by atoms with Gasteiger partial charge in [0.15, 0.2) is 0 Å². The van der Waals surface area contributed by atoms with Gasteiger partial charge in [-0.15, -0.1) is 6.58 Å². The van der Waals surface area contributed by atoms with Crippen molar-refractivity contribution in [2.24, 2.45) is 5.73 Å². The molecule has 0 unspecified atom stereocenters. The molecule has 1 aromatic rings. The van der Waals surface area contributed by atoms with Gasteiger partial charge >= 0.3 is 0 Å². The number of allylic oxidation sites excluding steroid dienone is 1. The van der Waals surface area contributed by atoms with Crippen LogP contribution in [0.15, 0.2) is 36.9 Å². The highest BCUT2D eigenvalue weighted by molar-refractivity contribution is 5.93. The van der Waals surface area contributed by atoms with Gasteiger partial charge < -0.3 is 11.1 Å². The van der Waals surface area contributed by atoms with Gasteiger partial charge in [0.2, 0.25) is 5.91 Å². The second-order valence-corrected chi connectivity index (χ2v) is 4.01. The van der Waals surface area contributed by atoms with Crippen molar-refractivity contribution in [3.8, 4) is 0 Å². The summed E-state index contributed by atoms with van der Waals surface area (Å²) in [4.78, 5) is 11.0. The van der Waals surface area contributed by atoms with E-state index in [9.17, 15) is 4.79 Å². The van der Waals surface area contributed by atoms with Gasteiger partial charge in [0.05, 0.1) is 0 Å². The Morgan fingerprint density at radius 3 is 2.88 bits per heavy atom. The van der Waals surface area contributed by atoms with Crippen LogP contribution in [-0.2, 0) is 0 Å². The van der Waals surface area contributed by atoms with Crippen molar-refractivity contribution in [2.45, 2.75) is 25.7 Å². The van der Waals surface area contributed by atoms with E-state index in [1.807, 2.05) is 18.2 Å². The molecule has 0 aromatic heterocycles. The minimum atomic E-state index is -0.389. The van der Waals surface area contributed by atoms with Gasteiger partial charge in [-0.1, -0.05) is 18.6 Å². The lowest BCUT2D eigenvalue weighted by molar-refractivity contribution is 0.100. The van der Waals surface area contributed by atoms with E-state index >= 15 is 0 Å². The molecule has 0 aliphatic heterocycles. The van der Waals surface area contributed by atoms with Crippen molar-refractivity contribution in [1.82, 2.24) is 0 Å². The van der Waals surface area contributed by atoms with Crippen molar-refractivity contribution < 1.29 is 4.79 Å². The Morgan fingerprint density at radius 2 is 2.18 bits per heavy atom. The fourth-order valence-electron chi connectivity index (χ4n) is 1.61. The first-order valence-electron chi connectivity index (χ1n) is 5.98. The molecule has 1 rings (SSSR count). The Bertz CT molecular complexity index is 374. The van der Waals surface area contributed by atoms with Crippen LogP contribution in [0.1, 0.15) is 36.0 Å². The summed E-state index contributed by atoms with van der Waals surface area (Å²) in [7, 11) is 0. The fraction of sp³-hybridized carbons (Fsp3) is 0.357. The van der Waals surface area contributed by atoms with Crippen LogP contribution in [0.4, 0.5) is 5.69 Å². The number of unbranched alkanes of at least 4 members (excludes halogenated alkanes) is 3. The number of hydrogen-bond donors (Lipinski definition) is 2. The second-order valence-electron chi connectivity index (χ2n) is 4.01. The predicted octanol–water partition coefficient (Wildman–Crippen LogP) is 2.94. The molecule has 0 spiro atoms. The molecule has 0 aliphatic rings. The monoisotopic (exact) mass is 232 g/mol. The molecule has 17 heavy (non-hydrogen) atoms. The van der Waals surface area contributed by atoms with Crippen LogP contribution in [-0.4, -0.2) is 12.5 Å². The third-order valence-corrected chi connectivity index (χ3v) is 2.56. The molecule has 0 saturated carbocycles. The Balaban J connectivity index is 2.29. The van der Waals surface area contributed by atoms with Crippen LogP contribution < -0.4 is 11.1 Å². The minimum Gasteiger partial charge on any atom is -0.385 e. The summed E-state index contributed by atoms with van der Waals surface area (Å²) >= 11 is 0. The van der Waals surface area contributed by atoms with Crippen molar-refractivity contribution >= 4 is 11.6 Å². The summed E-state index contributed by atoms with van der Waals surface area (Å²) < 4.78 is 0. The summed E-state index contributed by atoms with van der Waals surface area (Å²) in [5.74, 6) is -0.389. The zero-order valence-electron chi connectivity index (χ0n) is 10.1. The van der Waals surface area contributed by atoms with Gasteiger partial charge in [-0.05, 0) is 37.5 Å². The molecule has 1 amide bonds. The normalized spacial score (nSPS) is 9.88. The third-order valence-electron chi connectivity index (χ3n) is 2.56. The number of benzene rings is 1. The average molecular weight is 232 g/mol. The fourth-order valence-corrected chi connectivity index (χ4v) is 1.61. The van der Waals surface area contributed by atoms with Crippen LogP contribution in [0.5, 0.6) is 0 Å². The van der Waals surface area contributed by atoms with Crippen LogP contribution >= 0.6 is 0 Å². The Labute approximate surface area is 103 Å². The summed E-state index contributed by atoms with van der Waals surface area (Å²) in [5.41, 5.74) is 6.71. The number of carbonyl (C=O) groups is 1. The van der Waals surface area contributed by atoms with E-state index in [1.165, 1.54) is 12.8 Å². The number of nitrogens with one attached hydrogen (secondary N) is 1. The van der Waals surface area contributed by atoms with Crippen molar-refractivity contribution in [2.75, 3.05) is 11.9 Å². The van der Waals surface area contributed by atoms with Gasteiger partial charge in [-0.3, -0.25) is 4.79 Å². The smallest absolute Gasteiger partial charge is 0.248 e. The molecule has 0 fully saturated rings. The number of hydrogen-bond acceptors (Lipinski definition) is 2. The molecule has 1 aromatic carbocycles. The van der Waals surface area contributed by atoms with Gasteiger partial charge in [0.1, 0.15) is 0 Å². The van der Waals surface area contributed by atoms with E-state index in [2.05, 4.69) is 11.9 Å². The number of anilines is 1. The standard InChI is InChI=1S/C14H20N2O/c1-2-3-4-5-6-10-16-13-9-7-8-12(11-13)14(15)17/h2,7-9,11,16H,1,3-6,10H2,(H2,15,17). The van der Waals surface area contributed by atoms with Crippen molar-refractivity contribution in [3.05, 3.63) is 42.5 Å². The van der Waals surface area contributed by atoms with E-state index in [1.54, 1.807) is 12.1 Å². The molecular weight excluding hydrogens is 212 g/mol. The van der Waals surface area contributed by atoms with E-state index in [-0.39, 0.29) is 5.91 Å². The molecule has 0 radical (unpaired) electrons. The van der Waals surface area contributed by atoms with Gasteiger partial charge in [0, 0.05) is 17.8 Å². The van der Waals surface area contributed by atoms with Gasteiger partial charge in [-0.2, -0.15) is 0 Å². The van der Waals surface area contributed by atoms with Crippen LogP contribution in [0.2, 0.25) is 0 Å². The van der Waals surface area contributed by atoms with Gasteiger partial charge in [-0.25, -0.2) is 0 Å². The average Bonchev–Trinajstić information content (AvgIpc) is 2.34. The molecule has 3 heteroatoms. The number of nitrogens with two attached hydrogens (primary N) is 1. The molecular formula is C14H20N2O. The SMILES string of the molecule is C=CCCCCCNc1cccc(C(N)=O)c1. The molecule has 3 N–H and O–H groups in total. The maximum absolute atomic E-state index is 11.0. The molecule has 3 nitrogen and oxygen atoms in total. The first kappa shape index (κ1) is 13.3. The maximum Gasteiger partial charge on any atom is 0.248 e. The lowest BCUT2D eigenvalue weighted by atomic mass is 10.1. The zero-order valence-corrected chi connectivity index (χ0v) is 10.1. The van der Waals surface area contributed by atoms with Crippen LogP contribution in [0.25, 0.3) is 0 Å². The Hall–Kier alpha value is -1.77. The highest BCUT2D eigenvalue weighted by atomic mass is 16.1. The van der Waals surface area contributed by atoms with Crippen LogP contribution in [0.3, 0.4) is 0 Å². The Morgan fingerprint density at radius 1 is 1.35 bits per heavy atom. The van der Waals surface area contributed by atoms with Crippen LogP contribution in [0, 0.1) is 0 Å². The number of primary amides is 1. The molecule has 92 valence electrons. The molecule has 0 saturated heterocycles. The quantitative estimate of drug-likeness (QED) is 0.535. The summed E-state index contributed by atoms with van der Waals surface area (Å²) in [5, 5.41) is 3.28.